The fraction of sp³-hybridized carbons (Fsp3) is 0.143. The van der Waals surface area contributed by atoms with E-state index in [1.165, 1.54) is 24.1 Å². The minimum absolute atomic E-state index is 0.187. The number of nitrogens with one attached hydrogen (secondary N) is 1. The second kappa shape index (κ2) is 8.83. The maximum absolute atomic E-state index is 12.3. The van der Waals surface area contributed by atoms with Crippen LogP contribution in [0.4, 0.5) is 5.69 Å². The first-order valence-corrected chi connectivity index (χ1v) is 8.69. The van der Waals surface area contributed by atoms with Gasteiger partial charge in [0.1, 0.15) is 12.3 Å². The van der Waals surface area contributed by atoms with E-state index in [-0.39, 0.29) is 12.1 Å². The number of ether oxygens (including phenoxy) is 2. The first-order valence-electron chi connectivity index (χ1n) is 8.69. The molecule has 2 aromatic carbocycles. The molecule has 8 nitrogen and oxygen atoms in total. The molecule has 0 fully saturated rings. The number of esters is 1. The highest BCUT2D eigenvalue weighted by Gasteiger charge is 2.09. The first-order chi connectivity index (χ1) is 14.0. The summed E-state index contributed by atoms with van der Waals surface area (Å²) in [6, 6.07) is 14.8. The lowest BCUT2D eigenvalue weighted by atomic mass is 10.1. The molecule has 8 heteroatoms. The Morgan fingerprint density at radius 1 is 1.03 bits per heavy atom. The van der Waals surface area contributed by atoms with Crippen LogP contribution in [0.15, 0.2) is 65.7 Å². The van der Waals surface area contributed by atoms with Gasteiger partial charge in [-0.05, 0) is 48.5 Å². The SMILES string of the molecule is COC(=O)c1ccc(NC(=O)Cn2cnc(-c3ccc(OC)cc3)cc2=O)cc1. The molecule has 29 heavy (non-hydrogen) atoms. The molecule has 0 spiro atoms. The monoisotopic (exact) mass is 393 g/mol. The Balaban J connectivity index is 1.67. The highest BCUT2D eigenvalue weighted by molar-refractivity contribution is 5.92. The minimum atomic E-state index is -0.461. The molecule has 0 aliphatic carbocycles. The molecule has 1 aromatic heterocycles. The van der Waals surface area contributed by atoms with E-state index in [1.54, 1.807) is 55.6 Å². The average molecular weight is 393 g/mol. The van der Waals surface area contributed by atoms with Crippen LogP contribution in [-0.2, 0) is 16.1 Å². The molecule has 3 rings (SSSR count). The molecule has 3 aromatic rings. The highest BCUT2D eigenvalue weighted by atomic mass is 16.5. The standard InChI is InChI=1S/C21H19N3O5/c1-28-17-9-5-14(6-10-17)18-11-20(26)24(13-22-18)12-19(25)23-16-7-3-15(4-8-16)21(27)29-2/h3-11,13H,12H2,1-2H3,(H,23,25). The zero-order valence-corrected chi connectivity index (χ0v) is 15.9. The molecular weight excluding hydrogens is 374 g/mol. The number of hydrogen-bond donors (Lipinski definition) is 1. The minimum Gasteiger partial charge on any atom is -0.497 e. The van der Waals surface area contributed by atoms with Gasteiger partial charge in [0.15, 0.2) is 0 Å². The van der Waals surface area contributed by atoms with E-state index in [0.717, 1.165) is 5.56 Å². The van der Waals surface area contributed by atoms with Gasteiger partial charge < -0.3 is 14.8 Å². The predicted molar refractivity (Wildman–Crippen MR) is 107 cm³/mol. The molecule has 0 saturated heterocycles. The maximum Gasteiger partial charge on any atom is 0.337 e. The van der Waals surface area contributed by atoms with Gasteiger partial charge in [0.05, 0.1) is 31.8 Å². The quantitative estimate of drug-likeness (QED) is 0.646. The Morgan fingerprint density at radius 3 is 2.31 bits per heavy atom. The summed E-state index contributed by atoms with van der Waals surface area (Å²) >= 11 is 0. The number of methoxy groups -OCH3 is 2. The van der Waals surface area contributed by atoms with Crippen LogP contribution in [0.2, 0.25) is 0 Å². The summed E-state index contributed by atoms with van der Waals surface area (Å²) in [5.41, 5.74) is 1.80. The maximum atomic E-state index is 12.3. The zero-order valence-electron chi connectivity index (χ0n) is 15.9. The van der Waals surface area contributed by atoms with Crippen molar-refractivity contribution >= 4 is 17.6 Å². The van der Waals surface area contributed by atoms with E-state index in [0.29, 0.717) is 22.7 Å². The number of anilines is 1. The molecule has 148 valence electrons. The van der Waals surface area contributed by atoms with Crippen molar-refractivity contribution < 1.29 is 19.1 Å². The van der Waals surface area contributed by atoms with E-state index in [1.807, 2.05) is 0 Å². The van der Waals surface area contributed by atoms with Crippen LogP contribution in [0.1, 0.15) is 10.4 Å². The third-order valence-corrected chi connectivity index (χ3v) is 4.17. The molecule has 1 amide bonds. The Morgan fingerprint density at radius 2 is 1.72 bits per heavy atom. The van der Waals surface area contributed by atoms with Gasteiger partial charge in [-0.15, -0.1) is 0 Å². The molecule has 1 heterocycles. The second-order valence-corrected chi connectivity index (χ2v) is 6.09. The van der Waals surface area contributed by atoms with Gasteiger partial charge in [0.2, 0.25) is 5.91 Å². The third kappa shape index (κ3) is 4.86. The van der Waals surface area contributed by atoms with Gasteiger partial charge in [-0.2, -0.15) is 0 Å². The summed E-state index contributed by atoms with van der Waals surface area (Å²) < 4.78 is 10.9. The summed E-state index contributed by atoms with van der Waals surface area (Å²) in [5.74, 6) is -0.146. The zero-order chi connectivity index (χ0) is 20.8. The number of carbonyl (C=O) groups excluding carboxylic acids is 2. The van der Waals surface area contributed by atoms with Crippen LogP contribution < -0.4 is 15.6 Å². The van der Waals surface area contributed by atoms with Crippen molar-refractivity contribution in [3.63, 3.8) is 0 Å². The smallest absolute Gasteiger partial charge is 0.337 e. The van der Waals surface area contributed by atoms with E-state index < -0.39 is 11.9 Å². The summed E-state index contributed by atoms with van der Waals surface area (Å²) in [7, 11) is 2.87. The van der Waals surface area contributed by atoms with Gasteiger partial charge in [-0.1, -0.05) is 0 Å². The molecule has 0 aliphatic rings. The van der Waals surface area contributed by atoms with Crippen LogP contribution in [-0.4, -0.2) is 35.6 Å². The summed E-state index contributed by atoms with van der Waals surface area (Å²) in [6.07, 6.45) is 1.34. The molecule has 0 radical (unpaired) electrons. The molecule has 1 N–H and O–H groups in total. The van der Waals surface area contributed by atoms with Crippen LogP contribution in [0.3, 0.4) is 0 Å². The van der Waals surface area contributed by atoms with Crippen LogP contribution in [0.5, 0.6) is 5.75 Å². The summed E-state index contributed by atoms with van der Waals surface area (Å²) in [5, 5.41) is 2.67. The van der Waals surface area contributed by atoms with Crippen LogP contribution in [0, 0.1) is 0 Å². The average Bonchev–Trinajstić information content (AvgIpc) is 2.75. The van der Waals surface area contributed by atoms with Crippen LogP contribution >= 0.6 is 0 Å². The fourth-order valence-electron chi connectivity index (χ4n) is 2.63. The van der Waals surface area contributed by atoms with E-state index in [9.17, 15) is 14.4 Å². The number of benzene rings is 2. The molecule has 0 aliphatic heterocycles. The molecule has 0 bridgehead atoms. The van der Waals surface area contributed by atoms with Gasteiger partial charge in [0, 0.05) is 17.3 Å². The van der Waals surface area contributed by atoms with E-state index in [4.69, 9.17) is 4.74 Å². The lowest BCUT2D eigenvalue weighted by molar-refractivity contribution is -0.116. The molecule has 0 atom stereocenters. The van der Waals surface area contributed by atoms with Crippen molar-refractivity contribution in [3.05, 3.63) is 76.8 Å². The van der Waals surface area contributed by atoms with Crippen molar-refractivity contribution in [2.75, 3.05) is 19.5 Å². The Kier molecular flexibility index (Phi) is 6.03. The number of carbonyl (C=O) groups is 2. The number of aromatic nitrogens is 2. The fourth-order valence-corrected chi connectivity index (χ4v) is 2.63. The number of hydrogen-bond acceptors (Lipinski definition) is 6. The lowest BCUT2D eigenvalue weighted by Gasteiger charge is -2.09. The van der Waals surface area contributed by atoms with Gasteiger partial charge in [-0.3, -0.25) is 14.2 Å². The first kappa shape index (κ1) is 19.8. The Bertz CT molecular complexity index is 1070. The predicted octanol–water partition coefficient (Wildman–Crippen LogP) is 2.34. The van der Waals surface area contributed by atoms with E-state index >= 15 is 0 Å². The normalized spacial score (nSPS) is 10.3. The molecule has 0 unspecified atom stereocenters. The Hall–Kier alpha value is -3.94. The second-order valence-electron chi connectivity index (χ2n) is 6.09. The van der Waals surface area contributed by atoms with Gasteiger partial charge in [0.25, 0.3) is 5.56 Å². The van der Waals surface area contributed by atoms with Crippen molar-refractivity contribution in [2.24, 2.45) is 0 Å². The molecule has 0 saturated carbocycles. The number of nitrogens with zero attached hydrogens (tertiary/aromatic N) is 2. The van der Waals surface area contributed by atoms with E-state index in [2.05, 4.69) is 15.0 Å². The van der Waals surface area contributed by atoms with Crippen molar-refractivity contribution in [2.45, 2.75) is 6.54 Å². The topological polar surface area (TPSA) is 99.5 Å². The largest absolute Gasteiger partial charge is 0.497 e. The van der Waals surface area contributed by atoms with Crippen molar-refractivity contribution in [1.82, 2.24) is 9.55 Å². The lowest BCUT2D eigenvalue weighted by Crippen LogP contribution is -2.27. The third-order valence-electron chi connectivity index (χ3n) is 4.17. The number of rotatable bonds is 6. The highest BCUT2D eigenvalue weighted by Crippen LogP contribution is 2.19. The van der Waals surface area contributed by atoms with Crippen molar-refractivity contribution in [1.29, 1.82) is 0 Å². The summed E-state index contributed by atoms with van der Waals surface area (Å²) in [6.45, 7) is -0.187. The number of amides is 1. The molecular formula is C21H19N3O5. The van der Waals surface area contributed by atoms with Crippen molar-refractivity contribution in [3.8, 4) is 17.0 Å². The Labute approximate surface area is 166 Å². The van der Waals surface area contributed by atoms with Gasteiger partial charge >= 0.3 is 5.97 Å². The summed E-state index contributed by atoms with van der Waals surface area (Å²) in [4.78, 5) is 40.3. The van der Waals surface area contributed by atoms with Crippen LogP contribution in [0.25, 0.3) is 11.3 Å². The van der Waals surface area contributed by atoms with Gasteiger partial charge in [-0.25, -0.2) is 9.78 Å².